The molecule has 1 aromatic heterocycles. The second-order valence-corrected chi connectivity index (χ2v) is 9.78. The van der Waals surface area contributed by atoms with Crippen molar-refractivity contribution in [2.75, 3.05) is 39.3 Å². The van der Waals surface area contributed by atoms with Crippen molar-refractivity contribution >= 4 is 27.7 Å². The summed E-state index contributed by atoms with van der Waals surface area (Å²) >= 11 is 0. The van der Waals surface area contributed by atoms with Crippen LogP contribution >= 0.6 is 0 Å². The van der Waals surface area contributed by atoms with Gasteiger partial charge in [0.15, 0.2) is 20.8 Å². The Kier molecular flexibility index (Phi) is 8.26. The molecule has 1 fully saturated rings. The normalized spacial score (nSPS) is 14.7. The van der Waals surface area contributed by atoms with Gasteiger partial charge in [-0.3, -0.25) is 9.59 Å². The van der Waals surface area contributed by atoms with Crippen LogP contribution in [0, 0.1) is 11.3 Å². The summed E-state index contributed by atoms with van der Waals surface area (Å²) in [7, 11) is -3.99. The summed E-state index contributed by atoms with van der Waals surface area (Å²) in [6.45, 7) is 0.240. The largest absolute Gasteiger partial charge is 0.459 e. The fourth-order valence-electron chi connectivity index (χ4n) is 3.49. The van der Waals surface area contributed by atoms with Crippen molar-refractivity contribution in [2.45, 2.75) is 11.0 Å². The molecule has 0 spiro atoms. The summed E-state index contributed by atoms with van der Waals surface area (Å²) in [5.74, 6) is -1.30. The Morgan fingerprint density at radius 2 is 1.68 bits per heavy atom. The first-order chi connectivity index (χ1) is 16.3. The van der Waals surface area contributed by atoms with Crippen LogP contribution in [0.5, 0.6) is 0 Å². The van der Waals surface area contributed by atoms with Gasteiger partial charge in [0.05, 0.1) is 18.1 Å². The maximum absolute atomic E-state index is 13.0. The summed E-state index contributed by atoms with van der Waals surface area (Å²) in [5, 5.41) is 11.9. The van der Waals surface area contributed by atoms with Crippen molar-refractivity contribution in [1.82, 2.24) is 20.4 Å². The highest BCUT2D eigenvalue weighted by atomic mass is 32.2. The maximum Gasteiger partial charge on any atom is 0.317 e. The zero-order valence-electron chi connectivity index (χ0n) is 18.3. The number of nitrogens with zero attached hydrogens (tertiary/aromatic N) is 3. The van der Waals surface area contributed by atoms with Crippen molar-refractivity contribution in [3.05, 3.63) is 60.1 Å². The molecule has 12 heteroatoms. The number of urea groups is 1. The van der Waals surface area contributed by atoms with Gasteiger partial charge in [0.1, 0.15) is 6.54 Å². The van der Waals surface area contributed by atoms with Gasteiger partial charge in [0.2, 0.25) is 5.91 Å². The zero-order valence-corrected chi connectivity index (χ0v) is 19.2. The number of rotatable bonds is 8. The molecule has 0 saturated carbocycles. The first-order valence-corrected chi connectivity index (χ1v) is 12.3. The molecule has 180 valence electrons. The molecule has 1 saturated heterocycles. The Hall–Kier alpha value is -3.85. The Labute approximate surface area is 197 Å². The number of carbonyl (C=O) groups excluding carboxylic acids is 3. The second kappa shape index (κ2) is 11.3. The minimum atomic E-state index is -3.99. The molecule has 1 aliphatic heterocycles. The van der Waals surface area contributed by atoms with E-state index in [4.69, 9.17) is 9.68 Å². The van der Waals surface area contributed by atoms with E-state index in [1.807, 2.05) is 0 Å². The van der Waals surface area contributed by atoms with Gasteiger partial charge in [-0.25, -0.2) is 13.2 Å². The summed E-state index contributed by atoms with van der Waals surface area (Å²) in [5.41, 5.74) is 0.504. The Balaban J connectivity index is 1.60. The quantitative estimate of drug-likeness (QED) is 0.510. The lowest BCUT2D eigenvalue weighted by Crippen LogP contribution is -2.55. The van der Waals surface area contributed by atoms with E-state index in [0.29, 0.717) is 5.56 Å². The zero-order chi connectivity index (χ0) is 24.6. The summed E-state index contributed by atoms with van der Waals surface area (Å²) in [6, 6.07) is 12.8. The maximum atomic E-state index is 13.0. The van der Waals surface area contributed by atoms with Crippen LogP contribution < -0.4 is 10.6 Å². The predicted molar refractivity (Wildman–Crippen MR) is 121 cm³/mol. The molecule has 1 aromatic carbocycles. The first kappa shape index (κ1) is 24.8. The molecular formula is C22H25N5O6S. The molecule has 34 heavy (non-hydrogen) atoms. The van der Waals surface area contributed by atoms with E-state index < -0.39 is 33.6 Å². The lowest BCUT2D eigenvalue weighted by atomic mass is 10.2. The van der Waals surface area contributed by atoms with E-state index in [-0.39, 0.29) is 50.1 Å². The van der Waals surface area contributed by atoms with Crippen LogP contribution in [0.1, 0.15) is 16.1 Å². The number of sulfone groups is 1. The third kappa shape index (κ3) is 6.35. The van der Waals surface area contributed by atoms with E-state index >= 15 is 0 Å². The number of nitrogens with one attached hydrogen (secondary N) is 2. The first-order valence-electron chi connectivity index (χ1n) is 10.6. The third-order valence-corrected chi connectivity index (χ3v) is 7.29. The van der Waals surface area contributed by atoms with Gasteiger partial charge in [-0.15, -0.1) is 0 Å². The number of carbonyl (C=O) groups is 3. The van der Waals surface area contributed by atoms with Crippen LogP contribution in [0.15, 0.2) is 53.1 Å². The number of benzene rings is 1. The number of nitriles is 1. The lowest BCUT2D eigenvalue weighted by molar-refractivity contribution is -0.120. The third-order valence-electron chi connectivity index (χ3n) is 5.30. The standard InChI is InChI=1S/C22H25N5O6S/c23-8-9-24-20(28)19(34(31,32)16-17-5-2-1-3-6-17)15-25-22(30)27-12-10-26(11-13-27)21(29)18-7-4-14-33-18/h1-7,14,19H,9-13,15-16H2,(H,24,28)(H,25,30). The number of piperazine rings is 1. The monoisotopic (exact) mass is 487 g/mol. The highest BCUT2D eigenvalue weighted by Gasteiger charge is 2.34. The van der Waals surface area contributed by atoms with Gasteiger partial charge in [0.25, 0.3) is 5.91 Å². The van der Waals surface area contributed by atoms with E-state index in [9.17, 15) is 22.8 Å². The molecule has 2 heterocycles. The Morgan fingerprint density at radius 1 is 1.00 bits per heavy atom. The highest BCUT2D eigenvalue weighted by molar-refractivity contribution is 7.92. The molecule has 0 radical (unpaired) electrons. The highest BCUT2D eigenvalue weighted by Crippen LogP contribution is 2.13. The van der Waals surface area contributed by atoms with Crippen LogP contribution in [0.4, 0.5) is 4.79 Å². The van der Waals surface area contributed by atoms with Gasteiger partial charge in [-0.1, -0.05) is 30.3 Å². The van der Waals surface area contributed by atoms with E-state index in [1.54, 1.807) is 53.4 Å². The SMILES string of the molecule is N#CCNC(=O)C(CNC(=O)N1CCN(C(=O)c2ccco2)CC1)S(=O)(=O)Cc1ccccc1. The van der Waals surface area contributed by atoms with Gasteiger partial charge < -0.3 is 24.9 Å². The molecule has 0 aliphatic carbocycles. The van der Waals surface area contributed by atoms with Crippen LogP contribution in [-0.4, -0.2) is 80.6 Å². The van der Waals surface area contributed by atoms with E-state index in [0.717, 1.165) is 0 Å². The van der Waals surface area contributed by atoms with Crippen molar-refractivity contribution in [2.24, 2.45) is 0 Å². The summed E-state index contributed by atoms with van der Waals surface area (Å²) in [4.78, 5) is 40.5. The lowest BCUT2D eigenvalue weighted by Gasteiger charge is -2.34. The topological polar surface area (TPSA) is 153 Å². The molecule has 2 aromatic rings. The Morgan fingerprint density at radius 3 is 2.29 bits per heavy atom. The second-order valence-electron chi connectivity index (χ2n) is 7.60. The fourth-order valence-corrected chi connectivity index (χ4v) is 5.10. The van der Waals surface area contributed by atoms with Crippen molar-refractivity contribution in [3.63, 3.8) is 0 Å². The summed E-state index contributed by atoms with van der Waals surface area (Å²) in [6.07, 6.45) is 1.41. The molecular weight excluding hydrogens is 462 g/mol. The molecule has 1 unspecified atom stereocenters. The fraction of sp³-hybridized carbons (Fsp3) is 0.364. The summed E-state index contributed by atoms with van der Waals surface area (Å²) < 4.78 is 31.0. The van der Waals surface area contributed by atoms with E-state index in [2.05, 4.69) is 10.6 Å². The average molecular weight is 488 g/mol. The number of furan rings is 1. The molecule has 1 aliphatic rings. The number of hydrogen-bond acceptors (Lipinski definition) is 7. The van der Waals surface area contributed by atoms with Crippen LogP contribution in [0.2, 0.25) is 0 Å². The van der Waals surface area contributed by atoms with Crippen LogP contribution in [0.25, 0.3) is 0 Å². The van der Waals surface area contributed by atoms with Crippen molar-refractivity contribution in [3.8, 4) is 6.07 Å². The van der Waals surface area contributed by atoms with Crippen LogP contribution in [0.3, 0.4) is 0 Å². The van der Waals surface area contributed by atoms with Crippen molar-refractivity contribution in [1.29, 1.82) is 5.26 Å². The smallest absolute Gasteiger partial charge is 0.317 e. The van der Waals surface area contributed by atoms with Gasteiger partial charge in [-0.2, -0.15) is 5.26 Å². The number of hydrogen-bond donors (Lipinski definition) is 2. The minimum Gasteiger partial charge on any atom is -0.459 e. The number of amides is 4. The van der Waals surface area contributed by atoms with E-state index in [1.165, 1.54) is 11.2 Å². The minimum absolute atomic E-state index is 0.216. The average Bonchev–Trinajstić information content (AvgIpc) is 3.37. The molecule has 4 amide bonds. The van der Waals surface area contributed by atoms with Gasteiger partial charge >= 0.3 is 6.03 Å². The molecule has 1 atom stereocenters. The Bertz CT molecular complexity index is 1140. The molecule has 2 N–H and O–H groups in total. The van der Waals surface area contributed by atoms with Gasteiger partial charge in [-0.05, 0) is 17.7 Å². The van der Waals surface area contributed by atoms with Crippen molar-refractivity contribution < 1.29 is 27.2 Å². The molecule has 11 nitrogen and oxygen atoms in total. The molecule has 0 bridgehead atoms. The van der Waals surface area contributed by atoms with Crippen LogP contribution in [-0.2, 0) is 20.4 Å². The predicted octanol–water partition coefficient (Wildman–Crippen LogP) is 0.370. The van der Waals surface area contributed by atoms with Gasteiger partial charge in [0, 0.05) is 32.7 Å². The molecule has 3 rings (SSSR count).